The molecule has 0 bridgehead atoms. The first-order valence-electron chi connectivity index (χ1n) is 8.75. The van der Waals surface area contributed by atoms with Crippen molar-refractivity contribution in [1.29, 1.82) is 0 Å². The molecule has 1 fully saturated rings. The monoisotopic (exact) mass is 376 g/mol. The van der Waals surface area contributed by atoms with E-state index < -0.39 is 10.0 Å². The molecule has 0 unspecified atom stereocenters. The van der Waals surface area contributed by atoms with Crippen LogP contribution in [0.1, 0.15) is 34.3 Å². The Morgan fingerprint density at radius 3 is 2.58 bits per heavy atom. The molecule has 0 aliphatic carbocycles. The van der Waals surface area contributed by atoms with Crippen LogP contribution in [0, 0.1) is 19.8 Å². The third kappa shape index (κ3) is 4.16. The van der Waals surface area contributed by atoms with Gasteiger partial charge in [0, 0.05) is 19.6 Å². The van der Waals surface area contributed by atoms with Crippen molar-refractivity contribution in [2.75, 3.05) is 19.6 Å². The summed E-state index contributed by atoms with van der Waals surface area (Å²) in [6, 6.07) is 6.99. The highest BCUT2D eigenvalue weighted by Gasteiger charge is 2.25. The van der Waals surface area contributed by atoms with E-state index in [0.29, 0.717) is 30.1 Å². The zero-order valence-corrected chi connectivity index (χ0v) is 15.9. The van der Waals surface area contributed by atoms with Crippen molar-refractivity contribution in [2.45, 2.75) is 31.6 Å². The quantitative estimate of drug-likeness (QED) is 0.870. The maximum absolute atomic E-state index is 12.5. The van der Waals surface area contributed by atoms with Crippen LogP contribution < -0.4 is 4.72 Å². The van der Waals surface area contributed by atoms with Crippen molar-refractivity contribution in [3.05, 3.63) is 53.5 Å². The molecular weight excluding hydrogens is 352 g/mol. The number of nitrogens with one attached hydrogen (secondary N) is 1. The van der Waals surface area contributed by atoms with Crippen LogP contribution in [0.2, 0.25) is 0 Å². The second kappa shape index (κ2) is 7.63. The largest absolute Gasteiger partial charge is 0.472 e. The fraction of sp³-hybridized carbons (Fsp3) is 0.421. The summed E-state index contributed by atoms with van der Waals surface area (Å²) in [5.74, 6) is 0.192. The van der Waals surface area contributed by atoms with Gasteiger partial charge in [0.1, 0.15) is 6.26 Å². The van der Waals surface area contributed by atoms with Gasteiger partial charge < -0.3 is 9.32 Å². The van der Waals surface area contributed by atoms with Gasteiger partial charge in [-0.05, 0) is 50.3 Å². The van der Waals surface area contributed by atoms with E-state index >= 15 is 0 Å². The van der Waals surface area contributed by atoms with Crippen LogP contribution >= 0.6 is 0 Å². The maximum atomic E-state index is 12.5. The third-order valence-corrected chi connectivity index (χ3v) is 6.44. The summed E-state index contributed by atoms with van der Waals surface area (Å²) in [6.07, 6.45) is 4.49. The molecule has 0 atom stereocenters. The molecule has 1 aromatic carbocycles. The molecule has 0 saturated carbocycles. The van der Waals surface area contributed by atoms with Crippen molar-refractivity contribution in [1.82, 2.24) is 9.62 Å². The molecule has 1 aromatic heterocycles. The smallest absolute Gasteiger partial charge is 0.257 e. The summed E-state index contributed by atoms with van der Waals surface area (Å²) in [5, 5.41) is 0. The van der Waals surface area contributed by atoms with Crippen LogP contribution in [-0.4, -0.2) is 38.9 Å². The molecule has 26 heavy (non-hydrogen) atoms. The number of hydrogen-bond donors (Lipinski definition) is 1. The van der Waals surface area contributed by atoms with Crippen molar-refractivity contribution < 1.29 is 17.6 Å². The van der Waals surface area contributed by atoms with Gasteiger partial charge in [0.2, 0.25) is 10.0 Å². The van der Waals surface area contributed by atoms with Crippen molar-refractivity contribution in [3.63, 3.8) is 0 Å². The van der Waals surface area contributed by atoms with E-state index in [2.05, 4.69) is 4.72 Å². The van der Waals surface area contributed by atoms with E-state index in [9.17, 15) is 13.2 Å². The number of rotatable bonds is 5. The van der Waals surface area contributed by atoms with Crippen molar-refractivity contribution in [3.8, 4) is 0 Å². The first kappa shape index (κ1) is 18.7. The zero-order chi connectivity index (χ0) is 18.7. The zero-order valence-electron chi connectivity index (χ0n) is 15.1. The molecule has 6 nitrogen and oxygen atoms in total. The molecule has 2 aromatic rings. The normalized spacial score (nSPS) is 16.0. The number of hydrogen-bond acceptors (Lipinski definition) is 4. The Hall–Kier alpha value is -2.12. The first-order chi connectivity index (χ1) is 12.4. The minimum absolute atomic E-state index is 0.0342. The van der Waals surface area contributed by atoms with E-state index in [1.165, 1.54) is 12.5 Å². The Bertz CT molecular complexity index is 867. The van der Waals surface area contributed by atoms with Crippen LogP contribution in [0.25, 0.3) is 0 Å². The summed E-state index contributed by atoms with van der Waals surface area (Å²) in [5.41, 5.74) is 2.34. The average Bonchev–Trinajstić information content (AvgIpc) is 3.14. The standard InChI is InChI=1S/C19H24N2O4S/c1-14-3-4-18(15(2)11-14)26(23,24)20-12-16-5-8-21(9-6-16)19(22)17-7-10-25-13-17/h3-4,7,10-11,13,16,20H,5-6,8-9,12H2,1-2H3. The summed E-state index contributed by atoms with van der Waals surface area (Å²) in [4.78, 5) is 14.4. The minimum Gasteiger partial charge on any atom is -0.472 e. The lowest BCUT2D eigenvalue weighted by Crippen LogP contribution is -2.41. The fourth-order valence-electron chi connectivity index (χ4n) is 3.32. The number of carbonyl (C=O) groups is 1. The molecule has 1 saturated heterocycles. The van der Waals surface area contributed by atoms with Gasteiger partial charge in [-0.25, -0.2) is 13.1 Å². The number of sulfonamides is 1. The molecule has 1 amide bonds. The van der Waals surface area contributed by atoms with Crippen LogP contribution in [0.5, 0.6) is 0 Å². The van der Waals surface area contributed by atoms with E-state index in [4.69, 9.17) is 4.42 Å². The second-order valence-corrected chi connectivity index (χ2v) is 8.60. The van der Waals surface area contributed by atoms with Gasteiger partial charge >= 0.3 is 0 Å². The van der Waals surface area contributed by atoms with Crippen LogP contribution in [0.4, 0.5) is 0 Å². The van der Waals surface area contributed by atoms with Crippen LogP contribution in [0.3, 0.4) is 0 Å². The van der Waals surface area contributed by atoms with Crippen molar-refractivity contribution >= 4 is 15.9 Å². The number of carbonyl (C=O) groups excluding carboxylic acids is 1. The number of amides is 1. The number of aryl methyl sites for hydroxylation is 2. The van der Waals surface area contributed by atoms with Gasteiger partial charge in [-0.15, -0.1) is 0 Å². The average molecular weight is 376 g/mol. The third-order valence-electron chi connectivity index (χ3n) is 4.85. The number of benzene rings is 1. The minimum atomic E-state index is -3.52. The predicted octanol–water partition coefficient (Wildman–Crippen LogP) is 2.73. The van der Waals surface area contributed by atoms with E-state index in [-0.39, 0.29) is 11.8 Å². The molecule has 1 aliphatic heterocycles. The Kier molecular flexibility index (Phi) is 5.48. The van der Waals surface area contributed by atoms with Crippen LogP contribution in [0.15, 0.2) is 46.1 Å². The fourth-order valence-corrected chi connectivity index (χ4v) is 4.66. The molecule has 1 aliphatic rings. The number of nitrogens with zero attached hydrogens (tertiary/aromatic N) is 1. The molecule has 3 rings (SSSR count). The Morgan fingerprint density at radius 1 is 1.23 bits per heavy atom. The molecule has 1 N–H and O–H groups in total. The lowest BCUT2D eigenvalue weighted by atomic mass is 9.97. The molecular formula is C19H24N2O4S. The lowest BCUT2D eigenvalue weighted by molar-refractivity contribution is 0.0691. The first-order valence-corrected chi connectivity index (χ1v) is 10.2. The van der Waals surface area contributed by atoms with Gasteiger partial charge in [0.15, 0.2) is 0 Å². The maximum Gasteiger partial charge on any atom is 0.257 e. The summed E-state index contributed by atoms with van der Waals surface area (Å²) >= 11 is 0. The topological polar surface area (TPSA) is 79.6 Å². The van der Waals surface area contributed by atoms with Crippen LogP contribution in [-0.2, 0) is 10.0 Å². The van der Waals surface area contributed by atoms with Gasteiger partial charge in [-0.1, -0.05) is 17.7 Å². The highest BCUT2D eigenvalue weighted by molar-refractivity contribution is 7.89. The molecule has 2 heterocycles. The molecule has 140 valence electrons. The van der Waals surface area contributed by atoms with Gasteiger partial charge in [0.25, 0.3) is 5.91 Å². The highest BCUT2D eigenvalue weighted by Crippen LogP contribution is 2.21. The number of piperidine rings is 1. The Labute approximate surface area is 154 Å². The van der Waals surface area contributed by atoms with Gasteiger partial charge in [0.05, 0.1) is 16.7 Å². The summed E-state index contributed by atoms with van der Waals surface area (Å²) in [7, 11) is -3.52. The highest BCUT2D eigenvalue weighted by atomic mass is 32.2. The number of likely N-dealkylation sites (tertiary alicyclic amines) is 1. The lowest BCUT2D eigenvalue weighted by Gasteiger charge is -2.31. The Balaban J connectivity index is 1.54. The summed E-state index contributed by atoms with van der Waals surface area (Å²) < 4.78 is 32.8. The predicted molar refractivity (Wildman–Crippen MR) is 98.4 cm³/mol. The van der Waals surface area contributed by atoms with E-state index in [0.717, 1.165) is 24.0 Å². The molecule has 7 heteroatoms. The number of furan rings is 1. The Morgan fingerprint density at radius 2 is 1.96 bits per heavy atom. The summed E-state index contributed by atoms with van der Waals surface area (Å²) in [6.45, 7) is 5.39. The van der Waals surface area contributed by atoms with Gasteiger partial charge in [-0.2, -0.15) is 0 Å². The van der Waals surface area contributed by atoms with E-state index in [1.807, 2.05) is 26.0 Å². The molecule has 0 radical (unpaired) electrons. The van der Waals surface area contributed by atoms with E-state index in [1.54, 1.807) is 17.0 Å². The SMILES string of the molecule is Cc1ccc(S(=O)(=O)NCC2CCN(C(=O)c3ccoc3)CC2)c(C)c1. The molecule has 0 spiro atoms. The van der Waals surface area contributed by atoms with Crippen molar-refractivity contribution in [2.24, 2.45) is 5.92 Å². The second-order valence-electron chi connectivity index (χ2n) is 6.87. The van der Waals surface area contributed by atoms with Gasteiger partial charge in [-0.3, -0.25) is 4.79 Å².